The Hall–Kier alpha value is -1.22. The minimum atomic E-state index is 0.0172. The maximum atomic E-state index is 5.92. The first-order valence-corrected chi connectivity index (χ1v) is 6.32. The van der Waals surface area contributed by atoms with Crippen molar-refractivity contribution in [2.45, 2.75) is 38.6 Å². The second-order valence-corrected chi connectivity index (χ2v) is 4.44. The van der Waals surface area contributed by atoms with Gasteiger partial charge >= 0.3 is 0 Å². The smallest absolute Gasteiger partial charge is 0.119 e. The number of nitrogens with one attached hydrogen (secondary N) is 1. The van der Waals surface area contributed by atoms with Crippen LogP contribution in [-0.2, 0) is 0 Å². The maximum Gasteiger partial charge on any atom is 0.119 e. The van der Waals surface area contributed by atoms with Crippen molar-refractivity contribution in [3.63, 3.8) is 0 Å². The van der Waals surface area contributed by atoms with Gasteiger partial charge in [0.15, 0.2) is 0 Å². The van der Waals surface area contributed by atoms with Gasteiger partial charge in [0.2, 0.25) is 0 Å². The molecule has 1 aromatic rings. The van der Waals surface area contributed by atoms with Gasteiger partial charge in [-0.2, -0.15) is 0 Å². The Bertz CT molecular complexity index is 317. The van der Waals surface area contributed by atoms with Gasteiger partial charge in [0, 0.05) is 17.8 Å². The number of ether oxygens (including phenoxy) is 1. The fourth-order valence-corrected chi connectivity index (χ4v) is 2.08. The molecule has 3 N–H and O–H groups in total. The standard InChI is InChI=1S/C14H24N2O/c1-4-10-14(5-2,11-15)16-12-6-8-13(17-3)9-7-12/h6-9,16H,4-5,10-11,15H2,1-3H3. The molecule has 0 saturated heterocycles. The second-order valence-electron chi connectivity index (χ2n) is 4.44. The van der Waals surface area contributed by atoms with Crippen LogP contribution in [0.5, 0.6) is 5.75 Å². The average Bonchev–Trinajstić information content (AvgIpc) is 2.39. The molecule has 0 fully saturated rings. The van der Waals surface area contributed by atoms with E-state index in [1.54, 1.807) is 7.11 Å². The quantitative estimate of drug-likeness (QED) is 0.765. The highest BCUT2D eigenvalue weighted by Gasteiger charge is 2.24. The van der Waals surface area contributed by atoms with E-state index in [0.29, 0.717) is 6.54 Å². The topological polar surface area (TPSA) is 47.3 Å². The first-order chi connectivity index (χ1) is 8.19. The van der Waals surface area contributed by atoms with Gasteiger partial charge < -0.3 is 15.8 Å². The molecule has 0 radical (unpaired) electrons. The summed E-state index contributed by atoms with van der Waals surface area (Å²) in [5.41, 5.74) is 7.04. The average molecular weight is 236 g/mol. The van der Waals surface area contributed by atoms with Crippen LogP contribution >= 0.6 is 0 Å². The van der Waals surface area contributed by atoms with Gasteiger partial charge in [-0.25, -0.2) is 0 Å². The normalized spacial score (nSPS) is 14.1. The molecular weight excluding hydrogens is 212 g/mol. The summed E-state index contributed by atoms with van der Waals surface area (Å²) in [6.45, 7) is 5.03. The zero-order valence-electron chi connectivity index (χ0n) is 11.1. The molecule has 1 atom stereocenters. The Labute approximate surface area is 104 Å². The van der Waals surface area contributed by atoms with E-state index >= 15 is 0 Å². The predicted octanol–water partition coefficient (Wildman–Crippen LogP) is 3.01. The molecule has 0 aromatic heterocycles. The van der Waals surface area contributed by atoms with Gasteiger partial charge in [0.05, 0.1) is 7.11 Å². The molecule has 3 heteroatoms. The predicted molar refractivity (Wildman–Crippen MR) is 73.6 cm³/mol. The summed E-state index contributed by atoms with van der Waals surface area (Å²) >= 11 is 0. The van der Waals surface area contributed by atoms with E-state index in [1.165, 1.54) is 0 Å². The van der Waals surface area contributed by atoms with Gasteiger partial charge in [-0.1, -0.05) is 20.3 Å². The molecule has 3 nitrogen and oxygen atoms in total. The van der Waals surface area contributed by atoms with Crippen molar-refractivity contribution >= 4 is 5.69 Å². The molecule has 17 heavy (non-hydrogen) atoms. The lowest BCUT2D eigenvalue weighted by atomic mass is 9.90. The number of benzene rings is 1. The number of methoxy groups -OCH3 is 1. The lowest BCUT2D eigenvalue weighted by Crippen LogP contribution is -2.44. The Morgan fingerprint density at radius 3 is 2.29 bits per heavy atom. The van der Waals surface area contributed by atoms with E-state index in [9.17, 15) is 0 Å². The van der Waals surface area contributed by atoms with Crippen molar-refractivity contribution in [3.05, 3.63) is 24.3 Å². The Morgan fingerprint density at radius 2 is 1.88 bits per heavy atom. The van der Waals surface area contributed by atoms with Crippen molar-refractivity contribution in [3.8, 4) is 5.75 Å². The molecule has 0 aliphatic rings. The van der Waals surface area contributed by atoms with E-state index < -0.39 is 0 Å². The molecule has 0 bridgehead atoms. The Balaban J connectivity index is 2.77. The molecule has 0 spiro atoms. The third-order valence-electron chi connectivity index (χ3n) is 3.30. The van der Waals surface area contributed by atoms with Crippen LogP contribution < -0.4 is 15.8 Å². The third kappa shape index (κ3) is 3.63. The van der Waals surface area contributed by atoms with Crippen LogP contribution in [0.3, 0.4) is 0 Å². The van der Waals surface area contributed by atoms with E-state index in [1.807, 2.05) is 24.3 Å². The van der Waals surface area contributed by atoms with Gasteiger partial charge in [0.1, 0.15) is 5.75 Å². The third-order valence-corrected chi connectivity index (χ3v) is 3.30. The first-order valence-electron chi connectivity index (χ1n) is 6.32. The minimum absolute atomic E-state index is 0.0172. The SMILES string of the molecule is CCCC(CC)(CN)Nc1ccc(OC)cc1. The molecule has 0 heterocycles. The number of hydrogen-bond acceptors (Lipinski definition) is 3. The fourth-order valence-electron chi connectivity index (χ4n) is 2.08. The van der Waals surface area contributed by atoms with Crippen LogP contribution in [0.25, 0.3) is 0 Å². The maximum absolute atomic E-state index is 5.92. The monoisotopic (exact) mass is 236 g/mol. The van der Waals surface area contributed by atoms with Crippen molar-refractivity contribution in [2.24, 2.45) is 5.73 Å². The molecule has 0 saturated carbocycles. The zero-order chi connectivity index (χ0) is 12.7. The molecular formula is C14H24N2O. The van der Waals surface area contributed by atoms with Gasteiger partial charge in [0.25, 0.3) is 0 Å². The van der Waals surface area contributed by atoms with Crippen LogP contribution in [0.2, 0.25) is 0 Å². The van der Waals surface area contributed by atoms with E-state index in [0.717, 1.165) is 30.7 Å². The number of anilines is 1. The van der Waals surface area contributed by atoms with Crippen LogP contribution in [0, 0.1) is 0 Å². The number of hydrogen-bond donors (Lipinski definition) is 2. The highest BCUT2D eigenvalue weighted by atomic mass is 16.5. The highest BCUT2D eigenvalue weighted by Crippen LogP contribution is 2.24. The van der Waals surface area contributed by atoms with Crippen molar-refractivity contribution in [1.29, 1.82) is 0 Å². The van der Waals surface area contributed by atoms with Crippen molar-refractivity contribution < 1.29 is 4.74 Å². The van der Waals surface area contributed by atoms with Crippen LogP contribution in [0.15, 0.2) is 24.3 Å². The molecule has 96 valence electrons. The molecule has 1 aromatic carbocycles. The Kier molecular flexibility index (Phi) is 5.29. The summed E-state index contributed by atoms with van der Waals surface area (Å²) in [5, 5.41) is 3.56. The molecule has 0 aliphatic carbocycles. The second kappa shape index (κ2) is 6.50. The Morgan fingerprint density at radius 1 is 1.24 bits per heavy atom. The summed E-state index contributed by atoms with van der Waals surface area (Å²) in [6, 6.07) is 8.00. The summed E-state index contributed by atoms with van der Waals surface area (Å²) in [5.74, 6) is 0.876. The summed E-state index contributed by atoms with van der Waals surface area (Å²) in [6.07, 6.45) is 3.25. The van der Waals surface area contributed by atoms with E-state index in [2.05, 4.69) is 19.2 Å². The van der Waals surface area contributed by atoms with Gasteiger partial charge in [-0.3, -0.25) is 0 Å². The minimum Gasteiger partial charge on any atom is -0.497 e. The number of rotatable bonds is 7. The lowest BCUT2D eigenvalue weighted by Gasteiger charge is -2.33. The lowest BCUT2D eigenvalue weighted by molar-refractivity contribution is 0.413. The molecule has 1 rings (SSSR count). The van der Waals surface area contributed by atoms with E-state index in [-0.39, 0.29) is 5.54 Å². The van der Waals surface area contributed by atoms with Gasteiger partial charge in [-0.15, -0.1) is 0 Å². The van der Waals surface area contributed by atoms with E-state index in [4.69, 9.17) is 10.5 Å². The summed E-state index contributed by atoms with van der Waals surface area (Å²) in [4.78, 5) is 0. The van der Waals surface area contributed by atoms with Gasteiger partial charge in [-0.05, 0) is 37.1 Å². The summed E-state index contributed by atoms with van der Waals surface area (Å²) < 4.78 is 5.15. The first kappa shape index (κ1) is 13.8. The zero-order valence-corrected chi connectivity index (χ0v) is 11.1. The van der Waals surface area contributed by atoms with Crippen LogP contribution in [0.1, 0.15) is 33.1 Å². The molecule has 1 unspecified atom stereocenters. The number of nitrogens with two attached hydrogens (primary N) is 1. The molecule has 0 aliphatic heterocycles. The largest absolute Gasteiger partial charge is 0.497 e. The molecule has 0 amide bonds. The van der Waals surface area contributed by atoms with Crippen LogP contribution in [0.4, 0.5) is 5.69 Å². The summed E-state index contributed by atoms with van der Waals surface area (Å²) in [7, 11) is 1.68. The fraction of sp³-hybridized carbons (Fsp3) is 0.571. The van der Waals surface area contributed by atoms with Crippen molar-refractivity contribution in [1.82, 2.24) is 0 Å². The van der Waals surface area contributed by atoms with Crippen LogP contribution in [-0.4, -0.2) is 19.2 Å². The highest BCUT2D eigenvalue weighted by molar-refractivity contribution is 5.48. The van der Waals surface area contributed by atoms with Crippen molar-refractivity contribution in [2.75, 3.05) is 19.0 Å².